The predicted molar refractivity (Wildman–Crippen MR) is 168 cm³/mol. The molecule has 11 heteroatoms. The highest BCUT2D eigenvalue weighted by Crippen LogP contribution is 2.45. The van der Waals surface area contributed by atoms with Gasteiger partial charge in [0.05, 0.1) is 12.8 Å². The van der Waals surface area contributed by atoms with Crippen molar-refractivity contribution in [1.29, 1.82) is 0 Å². The first kappa shape index (κ1) is 30.4. The zero-order valence-corrected chi connectivity index (χ0v) is 25.4. The number of halogens is 1. The highest BCUT2D eigenvalue weighted by molar-refractivity contribution is 7.99. The number of nitrogens with one attached hydrogen (secondary N) is 1. The van der Waals surface area contributed by atoms with Crippen LogP contribution in [0.15, 0.2) is 60.7 Å². The summed E-state index contributed by atoms with van der Waals surface area (Å²) in [5, 5.41) is 25.2. The molecule has 3 N–H and O–H groups in total. The molecule has 3 aromatic rings. The van der Waals surface area contributed by atoms with Gasteiger partial charge in [-0.1, -0.05) is 36.4 Å². The first-order chi connectivity index (χ1) is 21.2. The van der Waals surface area contributed by atoms with Gasteiger partial charge in [0, 0.05) is 49.8 Å². The molecule has 2 fully saturated rings. The summed E-state index contributed by atoms with van der Waals surface area (Å²) in [6.45, 7) is 3.07. The van der Waals surface area contributed by atoms with E-state index in [1.54, 1.807) is 17.0 Å². The van der Waals surface area contributed by atoms with Crippen LogP contribution in [0.4, 0.5) is 10.1 Å². The number of carboxylic acid groups (broad SMARTS) is 1. The minimum absolute atomic E-state index is 0.0519. The number of likely N-dealkylation sites (tertiary alicyclic amines) is 1. The lowest BCUT2D eigenvalue weighted by Crippen LogP contribution is -2.57. The molecule has 44 heavy (non-hydrogen) atoms. The average molecular weight is 621 g/mol. The number of hydrogen-bond donors (Lipinski definition) is 3. The molecule has 1 spiro atoms. The maximum absolute atomic E-state index is 14.2. The normalized spacial score (nSPS) is 20.8. The monoisotopic (exact) mass is 620 g/mol. The Morgan fingerprint density at radius 2 is 1.77 bits per heavy atom. The predicted octanol–water partition coefficient (Wildman–Crippen LogP) is 3.40. The van der Waals surface area contributed by atoms with Crippen LogP contribution >= 0.6 is 11.8 Å². The van der Waals surface area contributed by atoms with Crippen molar-refractivity contribution in [3.8, 4) is 0 Å². The van der Waals surface area contributed by atoms with Crippen LogP contribution in [0.3, 0.4) is 0 Å². The number of carbonyl (C=O) groups excluding carboxylic acids is 2. The Morgan fingerprint density at radius 3 is 2.45 bits per heavy atom. The molecular formula is C33H37FN4O5S. The molecule has 232 valence electrons. The number of benzene rings is 3. The number of carbonyl (C=O) groups is 3. The van der Waals surface area contributed by atoms with Gasteiger partial charge in [0.25, 0.3) is 0 Å². The summed E-state index contributed by atoms with van der Waals surface area (Å²) in [5.74, 6) is -1.67. The summed E-state index contributed by atoms with van der Waals surface area (Å²) >= 11 is 1.21. The molecule has 2 saturated heterocycles. The Balaban J connectivity index is 1.16. The van der Waals surface area contributed by atoms with Gasteiger partial charge in [-0.25, -0.2) is 9.18 Å². The van der Waals surface area contributed by atoms with Gasteiger partial charge in [-0.15, -0.1) is 0 Å². The second kappa shape index (κ2) is 12.4. The number of piperidine rings is 1. The second-order valence-corrected chi connectivity index (χ2v) is 13.1. The number of nitrogens with zero attached hydrogens (tertiary/aromatic N) is 3. The van der Waals surface area contributed by atoms with Gasteiger partial charge in [-0.3, -0.25) is 14.5 Å². The Labute approximate surface area is 260 Å². The fourth-order valence-electron chi connectivity index (χ4n) is 7.15. The lowest BCUT2D eigenvalue weighted by atomic mass is 9.84. The summed E-state index contributed by atoms with van der Waals surface area (Å²) in [6, 6.07) is 18.4. The van der Waals surface area contributed by atoms with Gasteiger partial charge < -0.3 is 25.3 Å². The first-order valence-corrected chi connectivity index (χ1v) is 16.1. The summed E-state index contributed by atoms with van der Waals surface area (Å²) in [6.07, 6.45) is 1.26. The molecule has 1 aliphatic carbocycles. The second-order valence-electron chi connectivity index (χ2n) is 12.0. The van der Waals surface area contributed by atoms with Crippen molar-refractivity contribution in [2.24, 2.45) is 0 Å². The van der Waals surface area contributed by atoms with Gasteiger partial charge in [0.1, 0.15) is 17.4 Å². The number of aliphatic carboxylic acids is 1. The van der Waals surface area contributed by atoms with E-state index in [9.17, 15) is 29.0 Å². The molecule has 0 bridgehead atoms. The maximum Gasteiger partial charge on any atom is 0.327 e. The Kier molecular flexibility index (Phi) is 8.54. The molecule has 2 aliphatic heterocycles. The molecule has 0 aromatic heterocycles. The number of amides is 2. The van der Waals surface area contributed by atoms with Crippen molar-refractivity contribution in [2.45, 2.75) is 49.9 Å². The Hall–Kier alpha value is -3.67. The van der Waals surface area contributed by atoms with Gasteiger partial charge in [0.2, 0.25) is 11.8 Å². The number of thioether (sulfide) groups is 1. The molecule has 9 nitrogen and oxygen atoms in total. The van der Waals surface area contributed by atoms with Crippen LogP contribution in [-0.4, -0.2) is 93.3 Å². The molecule has 3 atom stereocenters. The van der Waals surface area contributed by atoms with E-state index in [-0.39, 0.29) is 42.5 Å². The van der Waals surface area contributed by atoms with Crippen LogP contribution in [0.25, 0.3) is 10.8 Å². The lowest BCUT2D eigenvalue weighted by molar-refractivity contribution is -0.140. The van der Waals surface area contributed by atoms with E-state index in [0.717, 1.165) is 25.2 Å². The molecule has 3 aliphatic rings. The topological polar surface area (TPSA) is 113 Å². The molecule has 0 radical (unpaired) electrons. The van der Waals surface area contributed by atoms with Crippen molar-refractivity contribution in [3.63, 3.8) is 0 Å². The van der Waals surface area contributed by atoms with E-state index < -0.39 is 29.6 Å². The number of hydrogen-bond acceptors (Lipinski definition) is 7. The first-order valence-electron chi connectivity index (χ1n) is 15.0. The van der Waals surface area contributed by atoms with Crippen molar-refractivity contribution in [3.05, 3.63) is 77.6 Å². The number of anilines is 1. The summed E-state index contributed by atoms with van der Waals surface area (Å²) in [5.41, 5.74) is 2.65. The van der Waals surface area contributed by atoms with Crippen LogP contribution in [0.5, 0.6) is 0 Å². The summed E-state index contributed by atoms with van der Waals surface area (Å²) < 4.78 is 13.9. The lowest BCUT2D eigenvalue weighted by Gasteiger charge is -2.45. The van der Waals surface area contributed by atoms with Crippen molar-refractivity contribution >= 4 is 46.0 Å². The molecule has 3 aromatic carbocycles. The van der Waals surface area contributed by atoms with Gasteiger partial charge in [-0.2, -0.15) is 11.8 Å². The maximum atomic E-state index is 14.2. The van der Waals surface area contributed by atoms with Crippen molar-refractivity contribution < 1.29 is 29.0 Å². The molecule has 2 heterocycles. The Morgan fingerprint density at radius 1 is 1.07 bits per heavy atom. The number of carboxylic acids is 1. The molecular weight excluding hydrogens is 583 g/mol. The smallest absolute Gasteiger partial charge is 0.327 e. The van der Waals surface area contributed by atoms with Crippen LogP contribution < -0.4 is 10.2 Å². The summed E-state index contributed by atoms with van der Waals surface area (Å²) in [7, 11) is 0. The fourth-order valence-corrected chi connectivity index (χ4v) is 8.13. The Bertz CT molecular complexity index is 1560. The highest BCUT2D eigenvalue weighted by atomic mass is 32.2. The fraction of sp³-hybridized carbons (Fsp3) is 0.424. The van der Waals surface area contributed by atoms with Crippen LogP contribution in [0.2, 0.25) is 0 Å². The number of rotatable bonds is 10. The van der Waals surface area contributed by atoms with E-state index in [4.69, 9.17) is 0 Å². The third kappa shape index (κ3) is 5.76. The SMILES string of the molecule is CC(=O)N[C@@H](CSCC(O)CN1CN(c2ccc(F)cc2)C2(CCN(C3Cc4cccc5cccc3c45)CC2)C1=O)C(=O)O. The van der Waals surface area contributed by atoms with Gasteiger partial charge in [0.15, 0.2) is 0 Å². The number of aliphatic hydroxyl groups excluding tert-OH is 1. The van der Waals surface area contributed by atoms with Crippen LogP contribution in [0, 0.1) is 5.82 Å². The van der Waals surface area contributed by atoms with Crippen LogP contribution in [0.1, 0.15) is 36.9 Å². The van der Waals surface area contributed by atoms with Gasteiger partial charge >= 0.3 is 5.97 Å². The zero-order valence-electron chi connectivity index (χ0n) is 24.6. The molecule has 2 unspecified atom stereocenters. The van der Waals surface area contributed by atoms with E-state index in [1.807, 2.05) is 0 Å². The van der Waals surface area contributed by atoms with Gasteiger partial charge in [-0.05, 0) is 65.4 Å². The third-order valence-corrected chi connectivity index (χ3v) is 10.4. The molecule has 2 amide bonds. The zero-order chi connectivity index (χ0) is 31.0. The average Bonchev–Trinajstić information content (AvgIpc) is 3.50. The minimum Gasteiger partial charge on any atom is -0.480 e. The minimum atomic E-state index is -1.14. The quantitative estimate of drug-likeness (QED) is 0.316. The molecule has 0 saturated carbocycles. The van der Waals surface area contributed by atoms with E-state index in [2.05, 4.69) is 51.5 Å². The van der Waals surface area contributed by atoms with E-state index in [1.165, 1.54) is 52.7 Å². The van der Waals surface area contributed by atoms with Crippen molar-refractivity contribution in [2.75, 3.05) is 42.7 Å². The van der Waals surface area contributed by atoms with Crippen LogP contribution in [-0.2, 0) is 20.8 Å². The number of aliphatic hydroxyl groups is 1. The van der Waals surface area contributed by atoms with E-state index in [0.29, 0.717) is 12.8 Å². The van der Waals surface area contributed by atoms with Crippen molar-refractivity contribution in [1.82, 2.24) is 15.1 Å². The van der Waals surface area contributed by atoms with E-state index >= 15 is 0 Å². The largest absolute Gasteiger partial charge is 0.480 e. The third-order valence-electron chi connectivity index (χ3n) is 9.22. The highest BCUT2D eigenvalue weighted by Gasteiger charge is 2.54. The molecule has 6 rings (SSSR count). The standard InChI is InChI=1S/C33H37FN4O5S/c1-21(39)35-28(31(41)42)19-44-18-26(40)17-37-20-38(25-10-8-24(34)9-11-25)33(32(37)43)12-14-36(15-13-33)29-16-23-6-2-4-22-5-3-7-27(29)30(22)23/h2-11,26,28-29,40H,12-20H2,1H3,(H,35,39)(H,41,42)/t26?,28-,29?/m0/s1. The summed E-state index contributed by atoms with van der Waals surface area (Å²) in [4.78, 5) is 43.1. The number of β-amino-alcohol motifs (C(OH)–C–C–N with tert-alkyl or cyclic N) is 1.